The highest BCUT2D eigenvalue weighted by molar-refractivity contribution is 7.14. The minimum Gasteiger partial charge on any atom is -0.298 e. The number of aromatic nitrogens is 1. The minimum absolute atomic E-state index is 0.0309. The van der Waals surface area contributed by atoms with Gasteiger partial charge in [0.25, 0.3) is 5.91 Å². The summed E-state index contributed by atoms with van der Waals surface area (Å²) in [7, 11) is 0. The van der Waals surface area contributed by atoms with Crippen molar-refractivity contribution in [2.24, 2.45) is 17.8 Å². The summed E-state index contributed by atoms with van der Waals surface area (Å²) in [6.45, 7) is 0. The molecule has 2 aromatic rings. The minimum atomic E-state index is -0.0309. The Hall–Kier alpha value is -1.68. The van der Waals surface area contributed by atoms with Crippen LogP contribution in [0.5, 0.6) is 0 Å². The monoisotopic (exact) mass is 420 g/mol. The second kappa shape index (κ2) is 7.47. The number of rotatable bonds is 4. The summed E-state index contributed by atoms with van der Waals surface area (Å²) in [5.74, 6) is 3.39. The van der Waals surface area contributed by atoms with Gasteiger partial charge in [-0.25, -0.2) is 4.98 Å². The first-order chi connectivity index (χ1) is 14.7. The van der Waals surface area contributed by atoms with Gasteiger partial charge in [0.2, 0.25) is 0 Å². The number of nitrogens with zero attached hydrogens (tertiary/aromatic N) is 1. The van der Waals surface area contributed by atoms with Crippen LogP contribution >= 0.6 is 11.3 Å². The molecule has 5 aliphatic rings. The number of nitrogens with one attached hydrogen (secondary N) is 1. The number of carbonyl (C=O) groups excluding carboxylic acids is 1. The van der Waals surface area contributed by atoms with Crippen LogP contribution in [0.25, 0.3) is 0 Å². The fourth-order valence-electron chi connectivity index (χ4n) is 7.54. The van der Waals surface area contributed by atoms with Gasteiger partial charge in [-0.15, -0.1) is 11.3 Å². The van der Waals surface area contributed by atoms with Crippen molar-refractivity contribution in [1.29, 1.82) is 0 Å². The van der Waals surface area contributed by atoms with Crippen molar-refractivity contribution >= 4 is 22.4 Å². The lowest BCUT2D eigenvalue weighted by molar-refractivity contribution is -0.00519. The molecule has 0 atom stereocenters. The molecule has 7 rings (SSSR count). The van der Waals surface area contributed by atoms with E-state index < -0.39 is 0 Å². The highest BCUT2D eigenvalue weighted by atomic mass is 32.1. The molecule has 0 radical (unpaired) electrons. The van der Waals surface area contributed by atoms with Crippen molar-refractivity contribution in [1.82, 2.24) is 4.98 Å². The molecule has 0 spiro atoms. The summed E-state index contributed by atoms with van der Waals surface area (Å²) in [4.78, 5) is 17.5. The van der Waals surface area contributed by atoms with Gasteiger partial charge in [0.05, 0.1) is 5.69 Å². The summed E-state index contributed by atoms with van der Waals surface area (Å²) < 4.78 is 0. The zero-order valence-corrected chi connectivity index (χ0v) is 18.6. The Morgan fingerprint density at radius 1 is 0.933 bits per heavy atom. The number of carbonyl (C=O) groups is 1. The molecular weight excluding hydrogens is 388 g/mol. The molecule has 0 saturated heterocycles. The van der Waals surface area contributed by atoms with Crippen LogP contribution in [0, 0.1) is 17.8 Å². The highest BCUT2D eigenvalue weighted by Gasteiger charge is 2.51. The van der Waals surface area contributed by atoms with Crippen LogP contribution in [0.1, 0.15) is 98.2 Å². The zero-order chi connectivity index (χ0) is 20.1. The highest BCUT2D eigenvalue weighted by Crippen LogP contribution is 2.60. The van der Waals surface area contributed by atoms with Crippen molar-refractivity contribution in [2.75, 3.05) is 5.32 Å². The van der Waals surface area contributed by atoms with Crippen LogP contribution in [-0.2, 0) is 5.41 Å². The van der Waals surface area contributed by atoms with Crippen LogP contribution in [-0.4, -0.2) is 10.9 Å². The maximum Gasteiger partial charge on any atom is 0.257 e. The first-order valence-electron chi connectivity index (χ1n) is 12.0. The average Bonchev–Trinajstić information content (AvgIpc) is 3.22. The summed E-state index contributed by atoms with van der Waals surface area (Å²) in [6, 6.07) is 8.58. The van der Waals surface area contributed by atoms with E-state index in [0.29, 0.717) is 11.3 Å². The van der Waals surface area contributed by atoms with Crippen LogP contribution in [0.3, 0.4) is 0 Å². The van der Waals surface area contributed by atoms with E-state index in [0.717, 1.165) is 28.4 Å². The van der Waals surface area contributed by atoms with Crippen LogP contribution in [0.15, 0.2) is 29.6 Å². The van der Waals surface area contributed by atoms with Crippen molar-refractivity contribution in [3.05, 3.63) is 46.5 Å². The first-order valence-corrected chi connectivity index (χ1v) is 12.9. The maximum atomic E-state index is 12.8. The summed E-state index contributed by atoms with van der Waals surface area (Å²) in [5, 5.41) is 5.92. The summed E-state index contributed by atoms with van der Waals surface area (Å²) >= 11 is 1.56. The Balaban J connectivity index is 1.14. The van der Waals surface area contributed by atoms with E-state index in [1.165, 1.54) is 81.9 Å². The molecule has 30 heavy (non-hydrogen) atoms. The Bertz CT molecular complexity index is 889. The smallest absolute Gasteiger partial charge is 0.257 e. The van der Waals surface area contributed by atoms with E-state index >= 15 is 0 Å². The largest absolute Gasteiger partial charge is 0.298 e. The van der Waals surface area contributed by atoms with Crippen molar-refractivity contribution in [3.63, 3.8) is 0 Å². The molecule has 1 aromatic carbocycles. The Labute approximate surface area is 183 Å². The molecule has 1 heterocycles. The Kier molecular flexibility index (Phi) is 4.74. The van der Waals surface area contributed by atoms with Crippen molar-refractivity contribution in [3.8, 4) is 0 Å². The lowest BCUT2D eigenvalue weighted by Gasteiger charge is -2.57. The summed E-state index contributed by atoms with van der Waals surface area (Å²) in [6.07, 6.45) is 15.0. The van der Waals surface area contributed by atoms with Gasteiger partial charge < -0.3 is 0 Å². The predicted molar refractivity (Wildman–Crippen MR) is 122 cm³/mol. The van der Waals surface area contributed by atoms with Crippen molar-refractivity contribution in [2.45, 2.75) is 82.0 Å². The molecular formula is C26H32N2OS. The molecule has 5 fully saturated rings. The van der Waals surface area contributed by atoms with E-state index in [1.807, 2.05) is 12.1 Å². The molecule has 5 saturated carbocycles. The van der Waals surface area contributed by atoms with Crippen LogP contribution in [0.2, 0.25) is 0 Å². The van der Waals surface area contributed by atoms with E-state index in [-0.39, 0.29) is 5.91 Å². The number of anilines is 1. The van der Waals surface area contributed by atoms with Gasteiger partial charge in [-0.1, -0.05) is 31.4 Å². The van der Waals surface area contributed by atoms with Crippen LogP contribution < -0.4 is 5.32 Å². The predicted octanol–water partition coefficient (Wildman–Crippen LogP) is 6.91. The number of hydrogen-bond donors (Lipinski definition) is 1. The molecule has 1 aromatic heterocycles. The molecule has 4 bridgehead atoms. The molecule has 158 valence electrons. The zero-order valence-electron chi connectivity index (χ0n) is 17.7. The van der Waals surface area contributed by atoms with E-state index in [4.69, 9.17) is 4.98 Å². The molecule has 3 nitrogen and oxygen atoms in total. The maximum absolute atomic E-state index is 12.8. The van der Waals surface area contributed by atoms with Gasteiger partial charge in [0, 0.05) is 16.9 Å². The number of hydrogen-bond acceptors (Lipinski definition) is 3. The van der Waals surface area contributed by atoms with Gasteiger partial charge >= 0.3 is 0 Å². The van der Waals surface area contributed by atoms with Crippen molar-refractivity contribution < 1.29 is 4.79 Å². The van der Waals surface area contributed by atoms with E-state index in [2.05, 4.69) is 22.8 Å². The SMILES string of the molecule is O=C(Nc1nc(C2CCCCC2)cs1)c1ccc(C23CC4CC(CC(C4)C2)C3)cc1. The first kappa shape index (κ1) is 19.0. The molecule has 1 N–H and O–H groups in total. The number of thiazole rings is 1. The fourth-order valence-corrected chi connectivity index (χ4v) is 8.33. The standard InChI is InChI=1S/C26H32N2OS/c29-24(28-25-27-23(16-30-25)20-4-2-1-3-5-20)21-6-8-22(9-7-21)26-13-17-10-18(14-26)12-19(11-17)15-26/h6-9,16-20H,1-5,10-15H2,(H,27,28,29). The van der Waals surface area contributed by atoms with Gasteiger partial charge in [-0.3, -0.25) is 10.1 Å². The van der Waals surface area contributed by atoms with Gasteiger partial charge in [0.1, 0.15) is 0 Å². The fraction of sp³-hybridized carbons (Fsp3) is 0.615. The lowest BCUT2D eigenvalue weighted by atomic mass is 9.48. The lowest BCUT2D eigenvalue weighted by Crippen LogP contribution is -2.48. The topological polar surface area (TPSA) is 42.0 Å². The van der Waals surface area contributed by atoms with Gasteiger partial charge in [-0.05, 0) is 92.2 Å². The molecule has 0 unspecified atom stereocenters. The van der Waals surface area contributed by atoms with E-state index in [9.17, 15) is 4.79 Å². The van der Waals surface area contributed by atoms with Crippen LogP contribution in [0.4, 0.5) is 5.13 Å². The third kappa shape index (κ3) is 3.41. The molecule has 1 amide bonds. The second-order valence-corrected chi connectivity index (χ2v) is 11.5. The van der Waals surface area contributed by atoms with E-state index in [1.54, 1.807) is 11.3 Å². The molecule has 5 aliphatic carbocycles. The van der Waals surface area contributed by atoms with Gasteiger partial charge in [0.15, 0.2) is 5.13 Å². The molecule has 4 heteroatoms. The number of benzene rings is 1. The second-order valence-electron chi connectivity index (χ2n) is 10.6. The normalized spacial score (nSPS) is 33.0. The number of amides is 1. The third-order valence-corrected chi connectivity index (χ3v) is 9.34. The Morgan fingerprint density at radius 2 is 1.57 bits per heavy atom. The summed E-state index contributed by atoms with van der Waals surface area (Å²) in [5.41, 5.74) is 3.80. The third-order valence-electron chi connectivity index (χ3n) is 8.56. The molecule has 0 aliphatic heterocycles. The quantitative estimate of drug-likeness (QED) is 0.584. The Morgan fingerprint density at radius 3 is 2.20 bits per heavy atom. The average molecular weight is 421 g/mol. The van der Waals surface area contributed by atoms with Gasteiger partial charge in [-0.2, -0.15) is 0 Å².